The molecule has 1 aromatic rings. The minimum atomic E-state index is -0.777. The maximum Gasteiger partial charge on any atom is 0.303 e. The Morgan fingerprint density at radius 3 is 3.11 bits per heavy atom. The molecule has 1 fully saturated rings. The van der Waals surface area contributed by atoms with Crippen molar-refractivity contribution in [2.75, 3.05) is 6.61 Å². The summed E-state index contributed by atoms with van der Waals surface area (Å²) in [6, 6.07) is 0. The first-order valence-corrected chi connectivity index (χ1v) is 6.77. The van der Waals surface area contributed by atoms with Crippen molar-refractivity contribution in [3.63, 3.8) is 0 Å². The zero-order valence-electron chi connectivity index (χ0n) is 11.2. The van der Waals surface area contributed by atoms with E-state index in [0.29, 0.717) is 13.0 Å². The lowest BCUT2D eigenvalue weighted by Gasteiger charge is -2.14. The molecule has 1 aliphatic rings. The number of rotatable bonds is 7. The van der Waals surface area contributed by atoms with Crippen molar-refractivity contribution in [1.29, 1.82) is 0 Å². The highest BCUT2D eigenvalue weighted by Gasteiger charge is 2.21. The third kappa shape index (κ3) is 3.99. The highest BCUT2D eigenvalue weighted by atomic mass is 16.5. The lowest BCUT2D eigenvalue weighted by atomic mass is 10.0. The van der Waals surface area contributed by atoms with Gasteiger partial charge in [-0.1, -0.05) is 13.3 Å². The summed E-state index contributed by atoms with van der Waals surface area (Å²) in [4.78, 5) is 10.8. The van der Waals surface area contributed by atoms with Crippen LogP contribution in [0.1, 0.15) is 38.4 Å². The second kappa shape index (κ2) is 6.60. The number of carboxylic acid groups (broad SMARTS) is 1. The zero-order valence-corrected chi connectivity index (χ0v) is 11.2. The van der Waals surface area contributed by atoms with Gasteiger partial charge in [-0.2, -0.15) is 0 Å². The molecule has 1 aliphatic heterocycles. The van der Waals surface area contributed by atoms with E-state index in [2.05, 4.69) is 15.5 Å². The van der Waals surface area contributed by atoms with Gasteiger partial charge in [-0.05, 0) is 29.2 Å². The Labute approximate surface area is 111 Å². The lowest BCUT2D eigenvalue weighted by Crippen LogP contribution is -2.20. The average Bonchev–Trinajstić information content (AvgIpc) is 3.01. The highest BCUT2D eigenvalue weighted by molar-refractivity contribution is 5.66. The molecule has 0 radical (unpaired) electrons. The van der Waals surface area contributed by atoms with E-state index in [-0.39, 0.29) is 18.4 Å². The number of tetrazole rings is 1. The van der Waals surface area contributed by atoms with Crippen LogP contribution >= 0.6 is 0 Å². The minimum Gasteiger partial charge on any atom is -0.481 e. The largest absolute Gasteiger partial charge is 0.481 e. The van der Waals surface area contributed by atoms with E-state index in [1.807, 2.05) is 6.92 Å². The van der Waals surface area contributed by atoms with Gasteiger partial charge < -0.3 is 9.84 Å². The predicted octanol–water partition coefficient (Wildman–Crippen LogP) is 0.895. The van der Waals surface area contributed by atoms with Crippen LogP contribution in [-0.2, 0) is 22.5 Å². The smallest absolute Gasteiger partial charge is 0.303 e. The van der Waals surface area contributed by atoms with Crippen molar-refractivity contribution < 1.29 is 14.6 Å². The highest BCUT2D eigenvalue weighted by Crippen LogP contribution is 2.17. The van der Waals surface area contributed by atoms with Gasteiger partial charge in [0.1, 0.15) is 0 Å². The van der Waals surface area contributed by atoms with Gasteiger partial charge in [-0.25, -0.2) is 4.68 Å². The Kier molecular flexibility index (Phi) is 4.84. The number of ether oxygens (including phenoxy) is 1. The van der Waals surface area contributed by atoms with Gasteiger partial charge in [0.05, 0.1) is 6.10 Å². The summed E-state index contributed by atoms with van der Waals surface area (Å²) >= 11 is 0. The molecule has 7 heteroatoms. The number of hydrogen-bond donors (Lipinski definition) is 1. The van der Waals surface area contributed by atoms with Crippen molar-refractivity contribution in [2.45, 2.75) is 51.7 Å². The lowest BCUT2D eigenvalue weighted by molar-refractivity contribution is -0.138. The number of carbonyl (C=O) groups is 1. The Hall–Kier alpha value is -1.50. The van der Waals surface area contributed by atoms with Gasteiger partial charge in [0.15, 0.2) is 5.82 Å². The Balaban J connectivity index is 1.95. The maximum atomic E-state index is 10.8. The fourth-order valence-corrected chi connectivity index (χ4v) is 2.35. The quantitative estimate of drug-likeness (QED) is 0.790. The molecule has 106 valence electrons. The summed E-state index contributed by atoms with van der Waals surface area (Å²) in [6.07, 6.45) is 3.98. The molecule has 2 heterocycles. The topological polar surface area (TPSA) is 90.1 Å². The molecule has 0 amide bonds. The SMILES string of the molecule is CCC(CC(=O)O)Cn1nnnc1CC1CCCO1. The van der Waals surface area contributed by atoms with Crippen LogP contribution < -0.4 is 0 Å². The fraction of sp³-hybridized carbons (Fsp3) is 0.833. The Morgan fingerprint density at radius 1 is 1.63 bits per heavy atom. The monoisotopic (exact) mass is 268 g/mol. The van der Waals surface area contributed by atoms with Gasteiger partial charge in [0.25, 0.3) is 0 Å². The van der Waals surface area contributed by atoms with Gasteiger partial charge in [-0.15, -0.1) is 5.10 Å². The number of hydrogen-bond acceptors (Lipinski definition) is 5. The van der Waals surface area contributed by atoms with Crippen LogP contribution in [0.5, 0.6) is 0 Å². The summed E-state index contributed by atoms with van der Waals surface area (Å²) in [5.41, 5.74) is 0. The van der Waals surface area contributed by atoms with Crippen molar-refractivity contribution in [3.8, 4) is 0 Å². The molecule has 7 nitrogen and oxygen atoms in total. The third-order valence-electron chi connectivity index (χ3n) is 3.51. The van der Waals surface area contributed by atoms with Crippen LogP contribution in [-0.4, -0.2) is 44.0 Å². The molecule has 2 atom stereocenters. The number of nitrogens with zero attached hydrogens (tertiary/aromatic N) is 4. The first-order valence-electron chi connectivity index (χ1n) is 6.77. The second-order valence-electron chi connectivity index (χ2n) is 4.99. The van der Waals surface area contributed by atoms with E-state index in [4.69, 9.17) is 9.84 Å². The van der Waals surface area contributed by atoms with E-state index < -0.39 is 5.97 Å². The van der Waals surface area contributed by atoms with Crippen LogP contribution in [0.25, 0.3) is 0 Å². The van der Waals surface area contributed by atoms with Crippen molar-refractivity contribution in [3.05, 3.63) is 5.82 Å². The molecule has 0 aliphatic carbocycles. The Bertz CT molecular complexity index is 415. The third-order valence-corrected chi connectivity index (χ3v) is 3.51. The molecule has 2 rings (SSSR count). The van der Waals surface area contributed by atoms with Gasteiger partial charge in [0, 0.05) is 26.0 Å². The summed E-state index contributed by atoms with van der Waals surface area (Å²) in [7, 11) is 0. The minimum absolute atomic E-state index is 0.0595. The molecule has 2 unspecified atom stereocenters. The van der Waals surface area contributed by atoms with E-state index in [0.717, 1.165) is 31.7 Å². The van der Waals surface area contributed by atoms with Crippen molar-refractivity contribution in [1.82, 2.24) is 20.2 Å². The first kappa shape index (κ1) is 13.9. The molecule has 1 aromatic heterocycles. The molecule has 19 heavy (non-hydrogen) atoms. The van der Waals surface area contributed by atoms with E-state index >= 15 is 0 Å². The van der Waals surface area contributed by atoms with Crippen LogP contribution in [0.4, 0.5) is 0 Å². The molecule has 0 bridgehead atoms. The van der Waals surface area contributed by atoms with Crippen LogP contribution in [0.2, 0.25) is 0 Å². The van der Waals surface area contributed by atoms with Gasteiger partial charge in [-0.3, -0.25) is 4.79 Å². The normalized spacial score (nSPS) is 20.6. The molecule has 1 N–H and O–H groups in total. The summed E-state index contributed by atoms with van der Waals surface area (Å²) in [5, 5.41) is 20.5. The average molecular weight is 268 g/mol. The number of aromatic nitrogens is 4. The Morgan fingerprint density at radius 2 is 2.47 bits per heavy atom. The van der Waals surface area contributed by atoms with Gasteiger partial charge in [0.2, 0.25) is 0 Å². The second-order valence-corrected chi connectivity index (χ2v) is 4.99. The first-order chi connectivity index (χ1) is 9.19. The zero-order chi connectivity index (χ0) is 13.7. The van der Waals surface area contributed by atoms with E-state index in [1.54, 1.807) is 4.68 Å². The molecular weight excluding hydrogens is 248 g/mol. The van der Waals surface area contributed by atoms with Crippen LogP contribution in [0, 0.1) is 5.92 Å². The van der Waals surface area contributed by atoms with Crippen molar-refractivity contribution >= 4 is 5.97 Å². The number of aliphatic carboxylic acids is 1. The summed E-state index contributed by atoms with van der Waals surface area (Å²) < 4.78 is 7.30. The number of carboxylic acids is 1. The standard InChI is InChI=1S/C12H20N4O3/c1-2-9(6-12(17)18)8-16-11(13-14-15-16)7-10-4-3-5-19-10/h9-10H,2-8H2,1H3,(H,17,18). The molecule has 0 saturated carbocycles. The molecule has 0 spiro atoms. The van der Waals surface area contributed by atoms with Gasteiger partial charge >= 0.3 is 5.97 Å². The van der Waals surface area contributed by atoms with E-state index in [1.165, 1.54) is 0 Å². The fourth-order valence-electron chi connectivity index (χ4n) is 2.35. The summed E-state index contributed by atoms with van der Waals surface area (Å²) in [6.45, 7) is 3.35. The summed E-state index contributed by atoms with van der Waals surface area (Å²) in [5.74, 6) is 0.0700. The van der Waals surface area contributed by atoms with E-state index in [9.17, 15) is 4.79 Å². The maximum absolute atomic E-state index is 10.8. The molecule has 1 saturated heterocycles. The molecule has 0 aromatic carbocycles. The predicted molar refractivity (Wildman–Crippen MR) is 66.5 cm³/mol. The van der Waals surface area contributed by atoms with Crippen LogP contribution in [0.15, 0.2) is 0 Å². The van der Waals surface area contributed by atoms with Crippen molar-refractivity contribution in [2.24, 2.45) is 5.92 Å². The molecular formula is C12H20N4O3. The van der Waals surface area contributed by atoms with Crippen LogP contribution in [0.3, 0.4) is 0 Å².